The average Bonchev–Trinajstić information content (AvgIpc) is 1.87. The van der Waals surface area contributed by atoms with Crippen LogP contribution in [0.1, 0.15) is 26.2 Å². The monoisotopic (exact) mass is 195 g/mol. The fourth-order valence-electron chi connectivity index (χ4n) is 0.391. The molecule has 0 heterocycles. The predicted molar refractivity (Wildman–Crippen MR) is 46.9 cm³/mol. The van der Waals surface area contributed by atoms with Crippen molar-refractivity contribution in [2.75, 3.05) is 6.61 Å². The second kappa shape index (κ2) is 13.4. The topological polar surface area (TPSA) is 130 Å². The van der Waals surface area contributed by atoms with E-state index in [0.717, 1.165) is 0 Å². The fraction of sp³-hybridized carbons (Fsp3) is 0.714. The minimum atomic E-state index is -0.948. The zero-order chi connectivity index (χ0) is 9.98. The number of rotatable bonds is 4. The van der Waals surface area contributed by atoms with E-state index in [1.54, 1.807) is 6.92 Å². The van der Waals surface area contributed by atoms with Crippen molar-refractivity contribution < 1.29 is 24.9 Å². The molecule has 13 heavy (non-hydrogen) atoms. The summed E-state index contributed by atoms with van der Waals surface area (Å²) < 4.78 is 0. The van der Waals surface area contributed by atoms with Crippen molar-refractivity contribution in [2.24, 2.45) is 0 Å². The molecule has 6 heteroatoms. The molecule has 6 N–H and O–H groups in total. The Balaban J connectivity index is -0.000000220. The van der Waals surface area contributed by atoms with E-state index >= 15 is 0 Å². The second-order valence-electron chi connectivity index (χ2n) is 1.96. The number of carboxylic acids is 2. The van der Waals surface area contributed by atoms with Crippen LogP contribution in [0, 0.1) is 0 Å². The molecule has 0 aliphatic heterocycles. The van der Waals surface area contributed by atoms with Crippen LogP contribution in [0.4, 0.5) is 0 Å². The summed E-state index contributed by atoms with van der Waals surface area (Å²) in [5, 5.41) is 23.6. The lowest BCUT2D eigenvalue weighted by molar-refractivity contribution is -0.138. The van der Waals surface area contributed by atoms with Gasteiger partial charge in [0, 0.05) is 19.4 Å². The number of aliphatic hydroxyl groups excluding tert-OH is 1. The van der Waals surface area contributed by atoms with Crippen molar-refractivity contribution in [3.8, 4) is 0 Å². The van der Waals surface area contributed by atoms with Crippen LogP contribution in [-0.2, 0) is 9.59 Å². The highest BCUT2D eigenvalue weighted by Crippen LogP contribution is 1.93. The summed E-state index contributed by atoms with van der Waals surface area (Å²) in [6, 6.07) is 0. The molecule has 0 aliphatic carbocycles. The SMILES string of the molecule is CCO.N.O=C(O)CCCC(=O)O. The van der Waals surface area contributed by atoms with Gasteiger partial charge in [-0.2, -0.15) is 0 Å². The van der Waals surface area contributed by atoms with Gasteiger partial charge in [0.05, 0.1) is 0 Å². The van der Waals surface area contributed by atoms with Crippen molar-refractivity contribution in [3.05, 3.63) is 0 Å². The first-order chi connectivity index (χ1) is 5.54. The zero-order valence-electron chi connectivity index (χ0n) is 7.69. The average molecular weight is 195 g/mol. The van der Waals surface area contributed by atoms with Gasteiger partial charge in [-0.25, -0.2) is 0 Å². The number of aliphatic hydroxyl groups is 1. The maximum atomic E-state index is 9.79. The second-order valence-corrected chi connectivity index (χ2v) is 1.96. The van der Waals surface area contributed by atoms with Crippen molar-refractivity contribution in [3.63, 3.8) is 0 Å². The maximum absolute atomic E-state index is 9.79. The summed E-state index contributed by atoms with van der Waals surface area (Å²) in [7, 11) is 0. The molecule has 0 unspecified atom stereocenters. The van der Waals surface area contributed by atoms with E-state index in [9.17, 15) is 9.59 Å². The Kier molecular flexibility index (Phi) is 18.4. The molecule has 0 aromatic carbocycles. The summed E-state index contributed by atoms with van der Waals surface area (Å²) >= 11 is 0. The molecule has 0 amide bonds. The van der Waals surface area contributed by atoms with Gasteiger partial charge >= 0.3 is 11.9 Å². The van der Waals surface area contributed by atoms with Crippen molar-refractivity contribution in [1.82, 2.24) is 6.15 Å². The van der Waals surface area contributed by atoms with Crippen LogP contribution in [0.15, 0.2) is 0 Å². The number of hydrogen-bond acceptors (Lipinski definition) is 4. The third-order valence-corrected chi connectivity index (χ3v) is 0.781. The number of carbonyl (C=O) groups is 2. The standard InChI is InChI=1S/C5H8O4.C2H6O.H3N/c6-4(7)2-1-3-5(8)9;1-2-3;/h1-3H2,(H,6,7)(H,8,9);3H,2H2,1H3;1H3. The Hall–Kier alpha value is -1.14. The van der Waals surface area contributed by atoms with Gasteiger partial charge in [-0.3, -0.25) is 9.59 Å². The van der Waals surface area contributed by atoms with E-state index in [-0.39, 0.29) is 32.0 Å². The first kappa shape index (κ1) is 17.8. The molecule has 0 fully saturated rings. The number of aliphatic carboxylic acids is 2. The van der Waals surface area contributed by atoms with Crippen LogP contribution in [0.2, 0.25) is 0 Å². The van der Waals surface area contributed by atoms with E-state index in [1.807, 2.05) is 0 Å². The highest BCUT2D eigenvalue weighted by Gasteiger charge is 1.99. The van der Waals surface area contributed by atoms with Gasteiger partial charge in [-0.05, 0) is 13.3 Å². The summed E-state index contributed by atoms with van der Waals surface area (Å²) in [6.07, 6.45) is 0.0866. The smallest absolute Gasteiger partial charge is 0.303 e. The van der Waals surface area contributed by atoms with Crippen LogP contribution in [0.3, 0.4) is 0 Å². The molecule has 0 rings (SSSR count). The van der Waals surface area contributed by atoms with Gasteiger partial charge in [0.2, 0.25) is 0 Å². The quantitative estimate of drug-likeness (QED) is 0.516. The lowest BCUT2D eigenvalue weighted by atomic mass is 10.2. The molecule has 0 saturated carbocycles. The van der Waals surface area contributed by atoms with Crippen LogP contribution >= 0.6 is 0 Å². The molecule has 0 aliphatic rings. The maximum Gasteiger partial charge on any atom is 0.303 e. The molecule has 0 saturated heterocycles. The third kappa shape index (κ3) is 36.1. The summed E-state index contributed by atoms with van der Waals surface area (Å²) in [5.41, 5.74) is 0. The molecule has 0 atom stereocenters. The van der Waals surface area contributed by atoms with Gasteiger partial charge in [0.25, 0.3) is 0 Å². The molecule has 80 valence electrons. The Morgan fingerprint density at radius 2 is 1.31 bits per heavy atom. The lowest BCUT2D eigenvalue weighted by Gasteiger charge is -1.89. The first-order valence-corrected chi connectivity index (χ1v) is 3.59. The molecular formula is C7H17NO5. The normalized spacial score (nSPS) is 7.54. The van der Waals surface area contributed by atoms with E-state index in [2.05, 4.69) is 0 Å². The van der Waals surface area contributed by atoms with Crippen molar-refractivity contribution >= 4 is 11.9 Å². The van der Waals surface area contributed by atoms with Gasteiger partial charge in [-0.15, -0.1) is 0 Å². The van der Waals surface area contributed by atoms with Crippen LogP contribution in [0.5, 0.6) is 0 Å². The Morgan fingerprint density at radius 1 is 1.08 bits per heavy atom. The highest BCUT2D eigenvalue weighted by atomic mass is 16.4. The molecule has 6 nitrogen and oxygen atoms in total. The predicted octanol–water partition coefficient (Wildman–Crippen LogP) is 0.486. The molecule has 0 aromatic rings. The number of carboxylic acid groups (broad SMARTS) is 2. The van der Waals surface area contributed by atoms with Crippen LogP contribution in [-0.4, -0.2) is 33.9 Å². The molecule has 0 spiro atoms. The van der Waals surface area contributed by atoms with Crippen molar-refractivity contribution in [1.29, 1.82) is 0 Å². The van der Waals surface area contributed by atoms with Crippen LogP contribution in [0.25, 0.3) is 0 Å². The summed E-state index contributed by atoms with van der Waals surface area (Å²) in [5.74, 6) is -1.90. The van der Waals surface area contributed by atoms with E-state index in [1.165, 1.54) is 0 Å². The Bertz CT molecular complexity index is 123. The third-order valence-electron chi connectivity index (χ3n) is 0.781. The number of hydrogen-bond donors (Lipinski definition) is 4. The van der Waals surface area contributed by atoms with Crippen LogP contribution < -0.4 is 6.15 Å². The molecular weight excluding hydrogens is 178 g/mol. The highest BCUT2D eigenvalue weighted by molar-refractivity contribution is 5.69. The van der Waals surface area contributed by atoms with E-state index in [0.29, 0.717) is 0 Å². The van der Waals surface area contributed by atoms with Gasteiger partial charge in [-0.1, -0.05) is 0 Å². The first-order valence-electron chi connectivity index (χ1n) is 3.59. The molecule has 0 bridgehead atoms. The Labute approximate surface area is 76.8 Å². The zero-order valence-corrected chi connectivity index (χ0v) is 7.69. The van der Waals surface area contributed by atoms with Crippen molar-refractivity contribution in [2.45, 2.75) is 26.2 Å². The van der Waals surface area contributed by atoms with E-state index < -0.39 is 11.9 Å². The molecule has 0 radical (unpaired) electrons. The van der Waals surface area contributed by atoms with Gasteiger partial charge in [0.1, 0.15) is 0 Å². The summed E-state index contributed by atoms with van der Waals surface area (Å²) in [4.78, 5) is 19.6. The largest absolute Gasteiger partial charge is 0.481 e. The minimum absolute atomic E-state index is 0. The molecule has 0 aromatic heterocycles. The summed E-state index contributed by atoms with van der Waals surface area (Å²) in [6.45, 7) is 1.93. The Morgan fingerprint density at radius 3 is 1.46 bits per heavy atom. The van der Waals surface area contributed by atoms with E-state index in [4.69, 9.17) is 15.3 Å². The fourth-order valence-corrected chi connectivity index (χ4v) is 0.391. The van der Waals surface area contributed by atoms with Gasteiger partial charge in [0.15, 0.2) is 0 Å². The minimum Gasteiger partial charge on any atom is -0.481 e. The van der Waals surface area contributed by atoms with Gasteiger partial charge < -0.3 is 21.5 Å². The lowest BCUT2D eigenvalue weighted by Crippen LogP contribution is -1.98.